The molecular weight excluding hydrogens is 500 g/mol. The molecule has 204 valence electrons. The van der Waals surface area contributed by atoms with Crippen LogP contribution in [-0.4, -0.2) is 52.7 Å². The number of methoxy groups -OCH3 is 1. The molecule has 2 aromatic heterocycles. The molecule has 3 heterocycles. The van der Waals surface area contributed by atoms with Crippen molar-refractivity contribution < 1.29 is 23.8 Å². The van der Waals surface area contributed by atoms with Crippen molar-refractivity contribution in [2.24, 2.45) is 17.1 Å². The maximum Gasteiger partial charge on any atom is 0.252 e. The Morgan fingerprint density at radius 2 is 1.95 bits per heavy atom. The number of amides is 2. The van der Waals surface area contributed by atoms with Gasteiger partial charge >= 0.3 is 0 Å². The highest BCUT2D eigenvalue weighted by Crippen LogP contribution is 2.52. The van der Waals surface area contributed by atoms with Crippen LogP contribution in [0.5, 0.6) is 5.75 Å². The van der Waals surface area contributed by atoms with Gasteiger partial charge in [-0.1, -0.05) is 26.0 Å². The molecule has 39 heavy (non-hydrogen) atoms. The summed E-state index contributed by atoms with van der Waals surface area (Å²) in [6, 6.07) is 7.29. The predicted molar refractivity (Wildman–Crippen MR) is 144 cm³/mol. The van der Waals surface area contributed by atoms with Gasteiger partial charge in [0.25, 0.3) is 5.91 Å². The fraction of sp³-hybridized carbons (Fsp3) is 0.429. The van der Waals surface area contributed by atoms with Crippen molar-refractivity contribution in [1.82, 2.24) is 14.8 Å². The van der Waals surface area contributed by atoms with E-state index in [9.17, 15) is 9.59 Å². The van der Waals surface area contributed by atoms with Gasteiger partial charge in [-0.25, -0.2) is 4.98 Å². The number of ether oxygens (including phenoxy) is 3. The van der Waals surface area contributed by atoms with Crippen LogP contribution in [0.25, 0.3) is 11.1 Å². The highest BCUT2D eigenvalue weighted by Gasteiger charge is 2.53. The normalized spacial score (nSPS) is 22.2. The molecule has 0 bridgehead atoms. The quantitative estimate of drug-likeness (QED) is 0.397. The Hall–Kier alpha value is -3.96. The van der Waals surface area contributed by atoms with Crippen molar-refractivity contribution in [3.05, 3.63) is 48.4 Å². The van der Waals surface area contributed by atoms with Crippen LogP contribution in [0.3, 0.4) is 0 Å². The van der Waals surface area contributed by atoms with Gasteiger partial charge in [0.1, 0.15) is 17.6 Å². The first-order chi connectivity index (χ1) is 18.7. The van der Waals surface area contributed by atoms with Crippen LogP contribution >= 0.6 is 0 Å². The standard InChI is InChI=1S/C28H32N6O5/c1-27(2)12-19(27)26(36)33-23-11-21(18(14-30-23)25(29)35)32-20-6-4-5-17(24(20)37-3)16-13-31-34(15-16)22-7-8-28(22)38-9-10-39-28/h4-6,11,13-15,19,22H,7-10,12H2,1-3H3,(H2,29,35)(H2,30,32,33,36). The summed E-state index contributed by atoms with van der Waals surface area (Å²) in [5.41, 5.74) is 8.49. The maximum absolute atomic E-state index is 12.6. The molecule has 4 N–H and O–H groups in total. The molecule has 6 rings (SSSR count). The molecule has 2 amide bonds. The van der Waals surface area contributed by atoms with E-state index >= 15 is 0 Å². The number of nitrogens with two attached hydrogens (primary N) is 1. The van der Waals surface area contributed by atoms with Crippen molar-refractivity contribution in [1.29, 1.82) is 0 Å². The Kier molecular flexibility index (Phi) is 6.07. The van der Waals surface area contributed by atoms with Crippen molar-refractivity contribution >= 4 is 29.0 Å². The molecule has 3 fully saturated rings. The van der Waals surface area contributed by atoms with Crippen LogP contribution in [0.1, 0.15) is 49.5 Å². The van der Waals surface area contributed by atoms with Gasteiger partial charge in [0, 0.05) is 41.9 Å². The smallest absolute Gasteiger partial charge is 0.252 e. The lowest BCUT2D eigenvalue weighted by molar-refractivity contribution is -0.242. The average Bonchev–Trinajstić information content (AvgIpc) is 3.28. The highest BCUT2D eigenvalue weighted by molar-refractivity contribution is 6.01. The molecule has 3 aromatic rings. The molecular formula is C28H32N6O5. The van der Waals surface area contributed by atoms with E-state index in [1.165, 1.54) is 6.20 Å². The number of nitrogens with zero attached hydrogens (tertiary/aromatic N) is 3. The minimum absolute atomic E-state index is 0.0176. The third-order valence-electron chi connectivity index (χ3n) is 8.02. The van der Waals surface area contributed by atoms with Crippen molar-refractivity contribution in [3.63, 3.8) is 0 Å². The molecule has 1 saturated heterocycles. The number of primary amides is 1. The zero-order chi connectivity index (χ0) is 27.4. The van der Waals surface area contributed by atoms with E-state index in [4.69, 9.17) is 19.9 Å². The highest BCUT2D eigenvalue weighted by atomic mass is 16.7. The topological polar surface area (TPSA) is 143 Å². The molecule has 3 aliphatic rings. The second-order valence-corrected chi connectivity index (χ2v) is 11.0. The van der Waals surface area contributed by atoms with Gasteiger partial charge in [0.05, 0.1) is 43.5 Å². The number of nitrogens with one attached hydrogen (secondary N) is 2. The molecule has 2 unspecified atom stereocenters. The lowest BCUT2D eigenvalue weighted by Crippen LogP contribution is -2.49. The average molecular weight is 533 g/mol. The summed E-state index contributed by atoms with van der Waals surface area (Å²) in [7, 11) is 1.58. The second kappa shape index (κ2) is 9.35. The van der Waals surface area contributed by atoms with E-state index in [-0.39, 0.29) is 28.8 Å². The first-order valence-corrected chi connectivity index (χ1v) is 13.1. The first-order valence-electron chi connectivity index (χ1n) is 13.1. The Labute approximate surface area is 226 Å². The Morgan fingerprint density at radius 3 is 2.59 bits per heavy atom. The van der Waals surface area contributed by atoms with Gasteiger partial charge in [0.15, 0.2) is 5.79 Å². The van der Waals surface area contributed by atoms with Crippen LogP contribution in [0, 0.1) is 11.3 Å². The third kappa shape index (κ3) is 4.51. The Balaban J connectivity index is 1.28. The van der Waals surface area contributed by atoms with Crippen LogP contribution in [0.15, 0.2) is 42.9 Å². The number of hydrogen-bond acceptors (Lipinski definition) is 8. The predicted octanol–water partition coefficient (Wildman–Crippen LogP) is 3.86. The molecule has 0 radical (unpaired) electrons. The Morgan fingerprint density at radius 1 is 1.18 bits per heavy atom. The first kappa shape index (κ1) is 25.3. The largest absolute Gasteiger partial charge is 0.494 e. The number of pyridine rings is 1. The summed E-state index contributed by atoms with van der Waals surface area (Å²) in [6.07, 6.45) is 7.72. The van der Waals surface area contributed by atoms with Gasteiger partial charge < -0.3 is 30.6 Å². The van der Waals surface area contributed by atoms with Crippen LogP contribution < -0.4 is 21.1 Å². The fourth-order valence-corrected chi connectivity index (χ4v) is 5.48. The fourth-order valence-electron chi connectivity index (χ4n) is 5.48. The number of anilines is 3. The van der Waals surface area contributed by atoms with Gasteiger partial charge in [-0.3, -0.25) is 14.3 Å². The maximum atomic E-state index is 12.6. The molecule has 2 atom stereocenters. The van der Waals surface area contributed by atoms with Crippen LogP contribution in [0.2, 0.25) is 0 Å². The lowest BCUT2D eigenvalue weighted by Gasteiger charge is -2.44. The molecule has 2 saturated carbocycles. The molecule has 1 aromatic carbocycles. The molecule has 11 heteroatoms. The third-order valence-corrected chi connectivity index (χ3v) is 8.02. The SMILES string of the molecule is COc1c(Nc2cc(NC(=O)C3CC3(C)C)ncc2C(N)=O)cccc1-c1cnn(C2CCC23OCCO3)c1. The molecule has 1 aliphatic heterocycles. The van der Waals surface area contributed by atoms with E-state index in [0.717, 1.165) is 30.4 Å². The minimum Gasteiger partial charge on any atom is -0.494 e. The monoisotopic (exact) mass is 532 g/mol. The van der Waals surface area contributed by atoms with Gasteiger partial charge in [-0.2, -0.15) is 5.10 Å². The summed E-state index contributed by atoms with van der Waals surface area (Å²) in [6.45, 7) is 5.30. The number of carbonyl (C=O) groups is 2. The van der Waals surface area contributed by atoms with E-state index < -0.39 is 11.7 Å². The number of rotatable bonds is 8. The van der Waals surface area contributed by atoms with Crippen molar-refractivity contribution in [2.75, 3.05) is 31.0 Å². The van der Waals surface area contributed by atoms with Crippen LogP contribution in [-0.2, 0) is 14.3 Å². The number of hydrogen-bond donors (Lipinski definition) is 3. The van der Waals surface area contributed by atoms with Gasteiger partial charge in [-0.15, -0.1) is 0 Å². The van der Waals surface area contributed by atoms with Gasteiger partial charge in [-0.05, 0) is 24.3 Å². The number of aromatic nitrogens is 3. The zero-order valence-corrected chi connectivity index (χ0v) is 22.2. The summed E-state index contributed by atoms with van der Waals surface area (Å²) in [5, 5.41) is 10.7. The number of benzene rings is 1. The molecule has 1 spiro atoms. The van der Waals surface area contributed by atoms with Crippen molar-refractivity contribution in [3.8, 4) is 16.9 Å². The summed E-state index contributed by atoms with van der Waals surface area (Å²) >= 11 is 0. The summed E-state index contributed by atoms with van der Waals surface area (Å²) in [4.78, 5) is 29.1. The van der Waals surface area contributed by atoms with Crippen LogP contribution in [0.4, 0.5) is 17.2 Å². The lowest BCUT2D eigenvalue weighted by atomic mass is 9.85. The Bertz CT molecular complexity index is 1440. The number of carbonyl (C=O) groups excluding carboxylic acids is 2. The van der Waals surface area contributed by atoms with E-state index in [1.54, 1.807) is 19.4 Å². The second-order valence-electron chi connectivity index (χ2n) is 11.0. The summed E-state index contributed by atoms with van der Waals surface area (Å²) < 4.78 is 19.5. The zero-order valence-electron chi connectivity index (χ0n) is 22.2. The molecule has 11 nitrogen and oxygen atoms in total. The molecule has 2 aliphatic carbocycles. The van der Waals surface area contributed by atoms with E-state index in [2.05, 4.69) is 34.6 Å². The van der Waals surface area contributed by atoms with E-state index in [0.29, 0.717) is 36.2 Å². The summed E-state index contributed by atoms with van der Waals surface area (Å²) in [5.74, 6) is -0.488. The van der Waals surface area contributed by atoms with E-state index in [1.807, 2.05) is 29.1 Å². The number of para-hydroxylation sites is 1. The minimum atomic E-state index is -0.645. The van der Waals surface area contributed by atoms with Crippen molar-refractivity contribution in [2.45, 2.75) is 44.9 Å². The van der Waals surface area contributed by atoms with Gasteiger partial charge in [0.2, 0.25) is 5.91 Å².